The van der Waals surface area contributed by atoms with Gasteiger partial charge in [-0.1, -0.05) is 174 Å². The number of para-hydroxylation sites is 1. The zero-order valence-corrected chi connectivity index (χ0v) is 41.6. The Bertz CT molecular complexity index is 3280. The van der Waals surface area contributed by atoms with E-state index in [0.717, 1.165) is 100 Å². The minimum absolute atomic E-state index is 0. The molecule has 0 atom stereocenters. The van der Waals surface area contributed by atoms with Gasteiger partial charge >= 0.3 is 21.1 Å². The average molecular weight is 1050 g/mol. The van der Waals surface area contributed by atoms with Crippen LogP contribution in [0.4, 0.5) is 0 Å². The molecule has 7 aromatic carbocycles. The van der Waals surface area contributed by atoms with Crippen molar-refractivity contribution in [1.29, 1.82) is 0 Å². The smallest absolute Gasteiger partial charge is 0.665 e. The van der Waals surface area contributed by atoms with Gasteiger partial charge in [0.25, 0.3) is 0 Å². The number of aromatic nitrogens is 3. The summed E-state index contributed by atoms with van der Waals surface area (Å²) in [5.41, 5.74) is 18.3. The van der Waals surface area contributed by atoms with Crippen LogP contribution in [0.5, 0.6) is 5.75 Å². The van der Waals surface area contributed by atoms with Crippen molar-refractivity contribution in [2.24, 2.45) is 0 Å². The van der Waals surface area contributed by atoms with E-state index >= 15 is 0 Å². The van der Waals surface area contributed by atoms with Gasteiger partial charge in [-0.25, -0.2) is 4.98 Å². The van der Waals surface area contributed by atoms with Crippen LogP contribution in [0.2, 0.25) is 0 Å². The topological polar surface area (TPSA) is 39.9 Å². The van der Waals surface area contributed by atoms with Gasteiger partial charge in [0.05, 0.1) is 28.0 Å². The molecule has 0 N–H and O–H groups in total. The molecular weight excluding hydrogens is 986 g/mol. The molecule has 4 nitrogen and oxygen atoms in total. The Kier molecular flexibility index (Phi) is 12.4. The Morgan fingerprint density at radius 1 is 0.621 bits per heavy atom. The Labute approximate surface area is 408 Å². The van der Waals surface area contributed by atoms with Crippen LogP contribution in [0.25, 0.3) is 83.9 Å². The molecule has 0 radical (unpaired) electrons. The van der Waals surface area contributed by atoms with Crippen molar-refractivity contribution in [3.63, 3.8) is 0 Å². The van der Waals surface area contributed by atoms with E-state index in [1.54, 1.807) is 0 Å². The first-order valence-electron chi connectivity index (χ1n) is 23.4. The van der Waals surface area contributed by atoms with Gasteiger partial charge in [0.15, 0.2) is 0 Å². The van der Waals surface area contributed by atoms with Crippen molar-refractivity contribution in [3.05, 3.63) is 199 Å². The molecule has 332 valence electrons. The standard InChI is InChI=1S/C61H57N3O.Pt/c1-38(2)42-19-21-44(22-20-42)47-29-30-62-55(37-47)50-34-48(43-15-12-11-13-16-43)33-49(35-50)52-17-14-18-57-58(52)63-60(54-32-40(5)31-41(6)59(54)65-10)64(57)56-28-25-46(39(3)4)36-53(56)45-23-26-51(27-24-45)61(7,8)9;/h11-34,36-39H,10H2,1-9H3;/q-2;+2/i38D,39D;. The maximum absolute atomic E-state index is 9.11. The second kappa shape index (κ2) is 18.9. The van der Waals surface area contributed by atoms with Crippen molar-refractivity contribution in [1.82, 2.24) is 14.5 Å². The van der Waals surface area contributed by atoms with Gasteiger partial charge in [0.2, 0.25) is 0 Å². The Morgan fingerprint density at radius 2 is 1.29 bits per heavy atom. The predicted molar refractivity (Wildman–Crippen MR) is 273 cm³/mol. The number of fused-ring (bicyclic) bond motifs is 1. The zero-order valence-electron chi connectivity index (χ0n) is 41.3. The van der Waals surface area contributed by atoms with Crippen LogP contribution < -0.4 is 4.74 Å². The molecule has 66 heavy (non-hydrogen) atoms. The van der Waals surface area contributed by atoms with E-state index in [9.17, 15) is 0 Å². The summed E-state index contributed by atoms with van der Waals surface area (Å²) in [4.78, 5) is 10.6. The molecule has 5 heteroatoms. The van der Waals surface area contributed by atoms with Crippen molar-refractivity contribution < 1.29 is 28.5 Å². The maximum Gasteiger partial charge on any atom is 2.00 e. The zero-order chi connectivity index (χ0) is 47.4. The predicted octanol–water partition coefficient (Wildman–Crippen LogP) is 16.6. The van der Waals surface area contributed by atoms with Crippen LogP contribution in [0.15, 0.2) is 158 Å². The number of hydrogen-bond acceptors (Lipinski definition) is 3. The number of aryl methyl sites for hydroxylation is 2. The minimum atomic E-state index is -0.829. The van der Waals surface area contributed by atoms with Gasteiger partial charge in [-0.05, 0) is 111 Å². The molecule has 0 aliphatic heterocycles. The first kappa shape index (κ1) is 43.5. The summed E-state index contributed by atoms with van der Waals surface area (Å²) >= 11 is 0. The second-order valence-corrected chi connectivity index (χ2v) is 18.7. The Balaban J connectivity index is 0.00000625. The SMILES string of the molecule is [2H]C(C)(C)c1ccc(-c2ccnc(-c3[c-]c(-c4cccc5c4nc(-c4cc(C)cc(C)c4O[CH2-])n5-c4ccc(C([2H])(C)C)cc4-c4ccc(C(C)(C)C)cc4)cc(-c4ccccc4)c3)c2)cc1.[Pt+2]. The van der Waals surface area contributed by atoms with Gasteiger partial charge < -0.3 is 4.74 Å². The molecule has 0 spiro atoms. The molecule has 2 heterocycles. The van der Waals surface area contributed by atoms with Crippen molar-refractivity contribution >= 4 is 11.0 Å². The molecular formula is C61H57N3OPt. The summed E-state index contributed by atoms with van der Waals surface area (Å²) in [7, 11) is 3.93. The van der Waals surface area contributed by atoms with Gasteiger partial charge in [0.1, 0.15) is 5.82 Å². The van der Waals surface area contributed by atoms with Gasteiger partial charge in [-0.2, -0.15) is 7.11 Å². The molecule has 9 rings (SSSR count). The third-order valence-corrected chi connectivity index (χ3v) is 12.5. The molecule has 0 aliphatic rings. The molecule has 0 saturated heterocycles. The molecule has 9 aromatic rings. The molecule has 0 fully saturated rings. The number of ether oxygens (including phenoxy) is 1. The molecule has 0 aliphatic carbocycles. The fourth-order valence-electron chi connectivity index (χ4n) is 8.88. The third kappa shape index (κ3) is 9.09. The normalized spacial score (nSPS) is 12.4. The van der Waals surface area contributed by atoms with E-state index in [4.69, 9.17) is 17.4 Å². The quantitative estimate of drug-likeness (QED) is 0.128. The Hall–Kier alpha value is -6.35. The molecule has 0 bridgehead atoms. The summed E-state index contributed by atoms with van der Waals surface area (Å²) in [5, 5.41) is 0. The number of pyridine rings is 1. The van der Waals surface area contributed by atoms with Crippen LogP contribution in [0.3, 0.4) is 0 Å². The van der Waals surface area contributed by atoms with E-state index in [1.807, 2.05) is 65.1 Å². The van der Waals surface area contributed by atoms with E-state index < -0.39 is 11.8 Å². The van der Waals surface area contributed by atoms with Crippen molar-refractivity contribution in [3.8, 4) is 78.6 Å². The van der Waals surface area contributed by atoms with Crippen LogP contribution in [-0.2, 0) is 26.5 Å². The number of benzene rings is 7. The van der Waals surface area contributed by atoms with E-state index in [1.165, 1.54) is 5.56 Å². The number of nitrogens with zero attached hydrogens (tertiary/aromatic N) is 3. The molecule has 2 aromatic heterocycles. The summed E-state index contributed by atoms with van der Waals surface area (Å²) in [6.45, 7) is 18.5. The van der Waals surface area contributed by atoms with Crippen LogP contribution in [0, 0.1) is 27.0 Å². The maximum atomic E-state index is 9.11. The fourth-order valence-corrected chi connectivity index (χ4v) is 8.88. The summed E-state index contributed by atoms with van der Waals surface area (Å²) in [6, 6.07) is 56.9. The second-order valence-electron chi connectivity index (χ2n) is 18.7. The minimum Gasteiger partial charge on any atom is -0.665 e. The van der Waals surface area contributed by atoms with Crippen molar-refractivity contribution in [2.45, 2.75) is 79.5 Å². The van der Waals surface area contributed by atoms with E-state index in [0.29, 0.717) is 11.6 Å². The van der Waals surface area contributed by atoms with E-state index in [2.05, 4.69) is 173 Å². The van der Waals surface area contributed by atoms with Gasteiger partial charge in [-0.15, -0.1) is 23.8 Å². The van der Waals surface area contributed by atoms with E-state index in [-0.39, 0.29) is 26.5 Å². The third-order valence-electron chi connectivity index (χ3n) is 12.5. The summed E-state index contributed by atoms with van der Waals surface area (Å²) in [5.74, 6) is -0.138. The van der Waals surface area contributed by atoms with Crippen molar-refractivity contribution in [2.75, 3.05) is 0 Å². The summed E-state index contributed by atoms with van der Waals surface area (Å²) in [6.07, 6.45) is 1.86. The fraction of sp³-hybridized carbons (Fsp3) is 0.197. The number of imidazole rings is 1. The van der Waals surface area contributed by atoms with Gasteiger partial charge in [0, 0.05) is 20.2 Å². The van der Waals surface area contributed by atoms with Crippen LogP contribution in [-0.4, -0.2) is 14.5 Å². The molecule has 0 saturated carbocycles. The van der Waals surface area contributed by atoms with Crippen LogP contribution >= 0.6 is 0 Å². The first-order valence-corrected chi connectivity index (χ1v) is 22.4. The molecule has 0 unspecified atom stereocenters. The first-order chi connectivity index (χ1) is 31.9. The summed E-state index contributed by atoms with van der Waals surface area (Å²) < 4.78 is 25.8. The van der Waals surface area contributed by atoms with Crippen LogP contribution in [0.1, 0.15) is 90.8 Å². The largest absolute Gasteiger partial charge is 2.00 e. The Morgan fingerprint density at radius 3 is 1.97 bits per heavy atom. The van der Waals surface area contributed by atoms with Gasteiger partial charge in [-0.3, -0.25) is 9.55 Å². The monoisotopic (exact) mass is 1040 g/mol. The number of rotatable bonds is 10. The molecule has 0 amide bonds. The average Bonchev–Trinajstić information content (AvgIpc) is 3.70. The number of hydrogen-bond donors (Lipinski definition) is 0.